The summed E-state index contributed by atoms with van der Waals surface area (Å²) in [6.07, 6.45) is 2.64. The van der Waals surface area contributed by atoms with Gasteiger partial charge in [0.05, 0.1) is 10.4 Å². The molecule has 1 fully saturated rings. The Bertz CT molecular complexity index is 319. The third-order valence-corrected chi connectivity index (χ3v) is 4.77. The largest absolute Gasteiger partial charge is 0.392 e. The van der Waals surface area contributed by atoms with Crippen LogP contribution in [0.2, 0.25) is 0 Å². The average molecular weight is 256 g/mol. The van der Waals surface area contributed by atoms with Crippen LogP contribution in [0.25, 0.3) is 0 Å². The minimum atomic E-state index is -0.553. The second-order valence-corrected chi connectivity index (χ2v) is 6.57. The van der Waals surface area contributed by atoms with Crippen LogP contribution < -0.4 is 11.1 Å². The molecule has 3 N–H and O–H groups in total. The van der Waals surface area contributed by atoms with E-state index in [0.29, 0.717) is 17.5 Å². The normalized spacial score (nSPS) is 18.6. The van der Waals surface area contributed by atoms with E-state index in [4.69, 9.17) is 18.0 Å². The molecule has 1 amide bonds. The van der Waals surface area contributed by atoms with Crippen LogP contribution >= 0.6 is 12.2 Å². The molecule has 98 valence electrons. The molecule has 0 aromatic heterocycles. The Labute approximate surface area is 110 Å². The van der Waals surface area contributed by atoms with Crippen molar-refractivity contribution in [2.24, 2.45) is 22.5 Å². The van der Waals surface area contributed by atoms with Gasteiger partial charge in [0.15, 0.2) is 0 Å². The number of nitrogens with one attached hydrogen (secondary N) is 1. The fourth-order valence-corrected chi connectivity index (χ4v) is 2.09. The number of carbonyl (C=O) groups excluding carboxylic acids is 1. The van der Waals surface area contributed by atoms with Crippen LogP contribution in [-0.2, 0) is 4.79 Å². The zero-order valence-electron chi connectivity index (χ0n) is 11.3. The summed E-state index contributed by atoms with van der Waals surface area (Å²) in [7, 11) is 0. The number of rotatable bonds is 5. The summed E-state index contributed by atoms with van der Waals surface area (Å²) in [4.78, 5) is 12.5. The Balaban J connectivity index is 2.58. The van der Waals surface area contributed by atoms with Crippen LogP contribution in [0.3, 0.4) is 0 Å². The molecule has 0 bridgehead atoms. The first-order valence-corrected chi connectivity index (χ1v) is 6.71. The van der Waals surface area contributed by atoms with Gasteiger partial charge in [0.25, 0.3) is 0 Å². The minimum absolute atomic E-state index is 0.0185. The maximum absolute atomic E-state index is 12.2. The number of nitrogens with two attached hydrogens (primary N) is 1. The lowest BCUT2D eigenvalue weighted by molar-refractivity contribution is -0.131. The maximum atomic E-state index is 12.2. The molecular formula is C13H24N2OS. The van der Waals surface area contributed by atoms with Crippen LogP contribution in [-0.4, -0.2) is 17.4 Å². The quantitative estimate of drug-likeness (QED) is 0.742. The van der Waals surface area contributed by atoms with Gasteiger partial charge in [-0.05, 0) is 24.2 Å². The molecule has 0 saturated heterocycles. The fourth-order valence-electron chi connectivity index (χ4n) is 1.80. The van der Waals surface area contributed by atoms with E-state index in [0.717, 1.165) is 19.3 Å². The van der Waals surface area contributed by atoms with E-state index < -0.39 is 5.41 Å². The van der Waals surface area contributed by atoms with Crippen LogP contribution in [0.15, 0.2) is 0 Å². The summed E-state index contributed by atoms with van der Waals surface area (Å²) < 4.78 is 0. The second-order valence-electron chi connectivity index (χ2n) is 6.13. The zero-order valence-corrected chi connectivity index (χ0v) is 12.1. The molecular weight excluding hydrogens is 232 g/mol. The van der Waals surface area contributed by atoms with Crippen molar-refractivity contribution in [1.29, 1.82) is 0 Å². The standard InChI is InChI=1S/C13H24N2OS/c1-9(2)12(3,4)8-15-11(16)13(10(14)17)6-5-7-13/h9H,5-8H2,1-4H3,(H2,14,17)(H,15,16). The van der Waals surface area contributed by atoms with E-state index in [1.807, 2.05) is 0 Å². The van der Waals surface area contributed by atoms with Gasteiger partial charge >= 0.3 is 0 Å². The van der Waals surface area contributed by atoms with Crippen molar-refractivity contribution in [1.82, 2.24) is 5.32 Å². The molecule has 0 aromatic carbocycles. The van der Waals surface area contributed by atoms with Crippen molar-refractivity contribution < 1.29 is 4.79 Å². The van der Waals surface area contributed by atoms with Gasteiger partial charge in [-0.15, -0.1) is 0 Å². The molecule has 0 heterocycles. The third-order valence-electron chi connectivity index (χ3n) is 4.38. The molecule has 1 aliphatic carbocycles. The van der Waals surface area contributed by atoms with Crippen molar-refractivity contribution >= 4 is 23.1 Å². The molecule has 0 spiro atoms. The summed E-state index contributed by atoms with van der Waals surface area (Å²) in [6, 6.07) is 0. The van der Waals surface area contributed by atoms with Gasteiger partial charge < -0.3 is 11.1 Å². The summed E-state index contributed by atoms with van der Waals surface area (Å²) >= 11 is 5.03. The topological polar surface area (TPSA) is 55.1 Å². The molecule has 0 aromatic rings. The lowest BCUT2D eigenvalue weighted by Gasteiger charge is -2.40. The van der Waals surface area contributed by atoms with E-state index in [9.17, 15) is 4.79 Å². The molecule has 0 aliphatic heterocycles. The van der Waals surface area contributed by atoms with Crippen molar-refractivity contribution in [3.63, 3.8) is 0 Å². The van der Waals surface area contributed by atoms with Gasteiger partial charge in [-0.2, -0.15) is 0 Å². The van der Waals surface area contributed by atoms with Crippen LogP contribution in [0.5, 0.6) is 0 Å². The highest BCUT2D eigenvalue weighted by Gasteiger charge is 2.47. The molecule has 17 heavy (non-hydrogen) atoms. The molecule has 1 aliphatic rings. The monoisotopic (exact) mass is 256 g/mol. The number of hydrogen-bond donors (Lipinski definition) is 2. The van der Waals surface area contributed by atoms with Gasteiger partial charge in [0.2, 0.25) is 5.91 Å². The van der Waals surface area contributed by atoms with Gasteiger partial charge in [-0.25, -0.2) is 0 Å². The Kier molecular flexibility index (Phi) is 4.18. The highest BCUT2D eigenvalue weighted by atomic mass is 32.1. The number of amides is 1. The lowest BCUT2D eigenvalue weighted by atomic mass is 9.67. The third kappa shape index (κ3) is 2.79. The summed E-state index contributed by atoms with van der Waals surface area (Å²) in [5.41, 5.74) is 5.24. The summed E-state index contributed by atoms with van der Waals surface area (Å²) in [5, 5.41) is 3.02. The molecule has 3 nitrogen and oxygen atoms in total. The molecule has 0 radical (unpaired) electrons. The first-order valence-electron chi connectivity index (χ1n) is 6.30. The van der Waals surface area contributed by atoms with Crippen LogP contribution in [0, 0.1) is 16.7 Å². The number of carbonyl (C=O) groups is 1. The Morgan fingerprint density at radius 1 is 1.47 bits per heavy atom. The lowest BCUT2D eigenvalue weighted by Crippen LogP contribution is -2.54. The summed E-state index contributed by atoms with van der Waals surface area (Å²) in [6.45, 7) is 9.32. The van der Waals surface area contributed by atoms with Gasteiger partial charge in [-0.1, -0.05) is 46.3 Å². The van der Waals surface area contributed by atoms with Crippen molar-refractivity contribution in [2.75, 3.05) is 6.54 Å². The first kappa shape index (κ1) is 14.4. The maximum Gasteiger partial charge on any atom is 0.233 e. The van der Waals surface area contributed by atoms with E-state index in [-0.39, 0.29) is 11.3 Å². The Hall–Kier alpha value is -0.640. The van der Waals surface area contributed by atoms with Crippen LogP contribution in [0.1, 0.15) is 47.0 Å². The Morgan fingerprint density at radius 3 is 2.29 bits per heavy atom. The van der Waals surface area contributed by atoms with Crippen LogP contribution in [0.4, 0.5) is 0 Å². The van der Waals surface area contributed by atoms with E-state index in [1.165, 1.54) is 0 Å². The predicted molar refractivity (Wildman–Crippen MR) is 74.7 cm³/mol. The average Bonchev–Trinajstić information content (AvgIpc) is 2.12. The summed E-state index contributed by atoms with van der Waals surface area (Å²) in [5.74, 6) is 0.537. The second kappa shape index (κ2) is 4.92. The van der Waals surface area contributed by atoms with Gasteiger partial charge in [0, 0.05) is 6.54 Å². The van der Waals surface area contributed by atoms with Gasteiger partial charge in [-0.3, -0.25) is 4.79 Å². The highest BCUT2D eigenvalue weighted by molar-refractivity contribution is 7.80. The Morgan fingerprint density at radius 2 is 2.00 bits per heavy atom. The minimum Gasteiger partial charge on any atom is -0.392 e. The van der Waals surface area contributed by atoms with Crippen molar-refractivity contribution in [3.05, 3.63) is 0 Å². The molecule has 1 rings (SSSR count). The van der Waals surface area contributed by atoms with Crippen molar-refractivity contribution in [2.45, 2.75) is 47.0 Å². The number of thiocarbonyl (C=S) groups is 1. The van der Waals surface area contributed by atoms with Gasteiger partial charge in [0.1, 0.15) is 0 Å². The molecule has 4 heteroatoms. The smallest absolute Gasteiger partial charge is 0.233 e. The van der Waals surface area contributed by atoms with E-state index in [2.05, 4.69) is 33.0 Å². The molecule has 0 unspecified atom stereocenters. The first-order chi connectivity index (χ1) is 7.72. The van der Waals surface area contributed by atoms with Crippen molar-refractivity contribution in [3.8, 4) is 0 Å². The molecule has 1 saturated carbocycles. The molecule has 0 atom stereocenters. The fraction of sp³-hybridized carbons (Fsp3) is 0.846. The number of hydrogen-bond acceptors (Lipinski definition) is 2. The van der Waals surface area contributed by atoms with E-state index >= 15 is 0 Å². The SMILES string of the molecule is CC(C)C(C)(C)CNC(=O)C1(C(N)=S)CCC1. The predicted octanol–water partition coefficient (Wildman–Crippen LogP) is 2.24. The highest BCUT2D eigenvalue weighted by Crippen LogP contribution is 2.41. The van der Waals surface area contributed by atoms with E-state index in [1.54, 1.807) is 0 Å². The zero-order chi connectivity index (χ0) is 13.3.